The molecule has 0 unspecified atom stereocenters. The summed E-state index contributed by atoms with van der Waals surface area (Å²) in [4.78, 5) is 34.0. The fourth-order valence-corrected chi connectivity index (χ4v) is 3.86. The molecule has 0 saturated heterocycles. The van der Waals surface area contributed by atoms with Gasteiger partial charge in [0.25, 0.3) is 5.56 Å². The molecule has 0 bridgehead atoms. The number of anilines is 1. The summed E-state index contributed by atoms with van der Waals surface area (Å²) in [5.41, 5.74) is 2.69. The number of H-pyrrole nitrogens is 1. The van der Waals surface area contributed by atoms with Gasteiger partial charge in [0.05, 0.1) is 17.5 Å². The van der Waals surface area contributed by atoms with Crippen molar-refractivity contribution in [2.45, 2.75) is 12.5 Å². The van der Waals surface area contributed by atoms with Crippen LogP contribution in [-0.2, 0) is 0 Å². The van der Waals surface area contributed by atoms with Crippen molar-refractivity contribution < 1.29 is 4.39 Å². The first-order valence-corrected chi connectivity index (χ1v) is 10.1. The van der Waals surface area contributed by atoms with Gasteiger partial charge in [0, 0.05) is 0 Å². The molecule has 6 rings (SSSR count). The van der Waals surface area contributed by atoms with E-state index < -0.39 is 17.4 Å². The van der Waals surface area contributed by atoms with Gasteiger partial charge in [0.15, 0.2) is 11.5 Å². The average molecular weight is 425 g/mol. The molecule has 0 radical (unpaired) electrons. The van der Waals surface area contributed by atoms with Crippen LogP contribution in [-0.4, -0.2) is 29.5 Å². The van der Waals surface area contributed by atoms with Gasteiger partial charge in [-0.15, -0.1) is 0 Å². The lowest BCUT2D eigenvalue weighted by Gasteiger charge is -2.22. The Morgan fingerprint density at radius 3 is 2.72 bits per heavy atom. The van der Waals surface area contributed by atoms with Crippen molar-refractivity contribution in [2.75, 3.05) is 5.32 Å². The number of hydrogen-bond donors (Lipinski definition) is 2. The third kappa shape index (κ3) is 2.94. The molecule has 0 spiro atoms. The summed E-state index contributed by atoms with van der Waals surface area (Å²) in [6.45, 7) is 0. The predicted octanol–water partition coefficient (Wildman–Crippen LogP) is 3.67. The molecule has 2 N–H and O–H groups in total. The second kappa shape index (κ2) is 7.09. The van der Waals surface area contributed by atoms with Gasteiger partial charge in [-0.05, 0) is 36.3 Å². The number of fused-ring (bicyclic) bond motifs is 2. The molecule has 156 valence electrons. The minimum absolute atomic E-state index is 0.0402. The number of nitrogens with one attached hydrogen (secondary N) is 2. The highest BCUT2D eigenvalue weighted by molar-refractivity contribution is 5.83. The van der Waals surface area contributed by atoms with Crippen molar-refractivity contribution in [1.29, 1.82) is 0 Å². The number of imidazole rings is 1. The van der Waals surface area contributed by atoms with E-state index in [0.29, 0.717) is 34.0 Å². The number of aromatic amines is 1. The zero-order valence-electron chi connectivity index (χ0n) is 16.7. The van der Waals surface area contributed by atoms with Crippen molar-refractivity contribution in [3.63, 3.8) is 0 Å². The van der Waals surface area contributed by atoms with Crippen molar-refractivity contribution >= 4 is 27.9 Å². The van der Waals surface area contributed by atoms with Crippen LogP contribution in [0.3, 0.4) is 0 Å². The topological polar surface area (TPSA) is 101 Å². The van der Waals surface area contributed by atoms with Gasteiger partial charge < -0.3 is 10.3 Å². The van der Waals surface area contributed by atoms with Crippen molar-refractivity contribution in [2.24, 2.45) is 0 Å². The Hall–Kier alpha value is -4.40. The maximum Gasteiger partial charge on any atom is 0.269 e. The van der Waals surface area contributed by atoms with Crippen molar-refractivity contribution in [3.05, 3.63) is 94.8 Å². The molecule has 0 saturated carbocycles. The summed E-state index contributed by atoms with van der Waals surface area (Å²) in [5, 5.41) is 3.36. The summed E-state index contributed by atoms with van der Waals surface area (Å²) in [6.07, 6.45) is 5.81. The zero-order chi connectivity index (χ0) is 21.7. The zero-order valence-corrected chi connectivity index (χ0v) is 16.7. The summed E-state index contributed by atoms with van der Waals surface area (Å²) < 4.78 is 16.1. The monoisotopic (exact) mass is 425 g/mol. The number of benzene rings is 2. The lowest BCUT2D eigenvalue weighted by atomic mass is 10.1. The maximum absolute atomic E-state index is 14.6. The van der Waals surface area contributed by atoms with E-state index in [0.717, 1.165) is 12.0 Å². The lowest BCUT2D eigenvalue weighted by molar-refractivity contribution is 0.635. The van der Waals surface area contributed by atoms with Crippen molar-refractivity contribution in [1.82, 2.24) is 29.5 Å². The van der Waals surface area contributed by atoms with Gasteiger partial charge in [0.2, 0.25) is 0 Å². The van der Waals surface area contributed by atoms with E-state index in [9.17, 15) is 9.18 Å². The quantitative estimate of drug-likeness (QED) is 0.417. The molecule has 5 aromatic rings. The van der Waals surface area contributed by atoms with E-state index in [2.05, 4.69) is 31.3 Å². The molecule has 0 amide bonds. The van der Waals surface area contributed by atoms with Gasteiger partial charge in [-0.25, -0.2) is 24.3 Å². The highest BCUT2D eigenvalue weighted by Gasteiger charge is 2.29. The van der Waals surface area contributed by atoms with Gasteiger partial charge in [-0.3, -0.25) is 9.36 Å². The number of nitrogens with zero attached hydrogens (tertiary/aromatic N) is 5. The third-order valence-corrected chi connectivity index (χ3v) is 5.46. The maximum atomic E-state index is 14.6. The molecule has 9 heteroatoms. The van der Waals surface area contributed by atoms with E-state index in [1.54, 1.807) is 30.6 Å². The van der Waals surface area contributed by atoms with Crippen LogP contribution in [0.15, 0.2) is 77.6 Å². The standard InChI is InChI=1S/C23H16FN7O/c24-15-7-4-8-16-17(15)23(32)31(14-5-2-1-3-6-14)22(29-16)18(13-9-10-13)30-21-19-20(26-11-25-19)27-12-28-21/h1-9,11-12,18H,10H2,(H2,25,26,27,28,30)/t18-/m0/s1. The fraction of sp³-hybridized carbons (Fsp3) is 0.0870. The fourth-order valence-electron chi connectivity index (χ4n) is 3.86. The third-order valence-electron chi connectivity index (χ3n) is 5.46. The number of rotatable bonds is 5. The first kappa shape index (κ1) is 18.4. The number of hydrogen-bond acceptors (Lipinski definition) is 6. The van der Waals surface area contributed by atoms with Crippen LogP contribution in [0.1, 0.15) is 18.3 Å². The SMILES string of the molecule is O=c1c2c(F)cccc2nc([C@@H](Nc2ncnc3nc[nH]c23)C2=CC2)n1-c1ccccc1. The summed E-state index contributed by atoms with van der Waals surface area (Å²) in [5.74, 6) is 0.397. The average Bonchev–Trinajstić information content (AvgIpc) is 3.53. The van der Waals surface area contributed by atoms with Crippen LogP contribution in [0, 0.1) is 5.82 Å². The first-order valence-electron chi connectivity index (χ1n) is 10.1. The van der Waals surface area contributed by atoms with E-state index in [-0.39, 0.29) is 5.39 Å². The molecule has 0 fully saturated rings. The molecule has 1 aliphatic carbocycles. The molecule has 1 aliphatic rings. The Morgan fingerprint density at radius 2 is 1.91 bits per heavy atom. The van der Waals surface area contributed by atoms with Gasteiger partial charge in [-0.2, -0.15) is 0 Å². The molecule has 2 aromatic carbocycles. The molecule has 32 heavy (non-hydrogen) atoms. The Morgan fingerprint density at radius 1 is 1.06 bits per heavy atom. The summed E-state index contributed by atoms with van der Waals surface area (Å²) in [6, 6.07) is 13.1. The first-order chi connectivity index (χ1) is 15.7. The normalized spacial score (nSPS) is 13.8. The van der Waals surface area contributed by atoms with E-state index in [1.165, 1.54) is 17.0 Å². The van der Waals surface area contributed by atoms with Crippen LogP contribution in [0.5, 0.6) is 0 Å². The Balaban J connectivity index is 1.60. The van der Waals surface area contributed by atoms with Crippen LogP contribution in [0.4, 0.5) is 10.2 Å². The second-order valence-corrected chi connectivity index (χ2v) is 7.46. The predicted molar refractivity (Wildman–Crippen MR) is 118 cm³/mol. The largest absolute Gasteiger partial charge is 0.355 e. The van der Waals surface area contributed by atoms with Crippen LogP contribution < -0.4 is 10.9 Å². The van der Waals surface area contributed by atoms with Crippen LogP contribution in [0.25, 0.3) is 27.8 Å². The molecule has 0 aliphatic heterocycles. The van der Waals surface area contributed by atoms with Crippen LogP contribution in [0.2, 0.25) is 0 Å². The smallest absolute Gasteiger partial charge is 0.269 e. The molecule has 3 aromatic heterocycles. The lowest BCUT2D eigenvalue weighted by Crippen LogP contribution is -2.29. The highest BCUT2D eigenvalue weighted by Crippen LogP contribution is 2.37. The molecular weight excluding hydrogens is 409 g/mol. The summed E-state index contributed by atoms with van der Waals surface area (Å²) in [7, 11) is 0. The van der Waals surface area contributed by atoms with Gasteiger partial charge in [-0.1, -0.05) is 30.3 Å². The van der Waals surface area contributed by atoms with Crippen LogP contribution >= 0.6 is 0 Å². The van der Waals surface area contributed by atoms with E-state index in [1.807, 2.05) is 18.2 Å². The van der Waals surface area contributed by atoms with E-state index >= 15 is 0 Å². The minimum atomic E-state index is -0.596. The second-order valence-electron chi connectivity index (χ2n) is 7.46. The van der Waals surface area contributed by atoms with E-state index in [4.69, 9.17) is 4.98 Å². The number of para-hydroxylation sites is 1. The number of allylic oxidation sites excluding steroid dienone is 1. The molecular formula is C23H16FN7O. The Bertz CT molecular complexity index is 1570. The van der Waals surface area contributed by atoms with Gasteiger partial charge in [0.1, 0.15) is 34.9 Å². The Labute approximate surface area is 180 Å². The summed E-state index contributed by atoms with van der Waals surface area (Å²) >= 11 is 0. The van der Waals surface area contributed by atoms with Crippen molar-refractivity contribution in [3.8, 4) is 5.69 Å². The van der Waals surface area contributed by atoms with Gasteiger partial charge >= 0.3 is 0 Å². The number of halogens is 1. The highest BCUT2D eigenvalue weighted by atomic mass is 19.1. The molecule has 3 heterocycles. The minimum Gasteiger partial charge on any atom is -0.355 e. The molecule has 1 atom stereocenters. The molecule has 8 nitrogen and oxygen atoms in total. The Kier molecular flexibility index (Phi) is 4.07. The number of aromatic nitrogens is 6.